The second-order valence-electron chi connectivity index (χ2n) is 4.58. The molecular weight excluding hydrogens is 282 g/mol. The Balaban J connectivity index is 2.35. The maximum absolute atomic E-state index is 13.6. The number of hydrogen-bond acceptors (Lipinski definition) is 2. The summed E-state index contributed by atoms with van der Waals surface area (Å²) in [4.78, 5) is 25.6. The first-order valence-corrected chi connectivity index (χ1v) is 5.99. The SMILES string of the molecule is Cc1cc(NC(=O)c2cc(C)c(F)cc2F)c(C(=O)O)[nH]1. The number of aryl methyl sites for hydroxylation is 2. The fraction of sp³-hybridized carbons (Fsp3) is 0.143. The van der Waals surface area contributed by atoms with Crippen molar-refractivity contribution in [2.45, 2.75) is 13.8 Å². The number of anilines is 1. The van der Waals surface area contributed by atoms with E-state index in [0.717, 1.165) is 6.07 Å². The van der Waals surface area contributed by atoms with E-state index >= 15 is 0 Å². The number of hydrogen-bond donors (Lipinski definition) is 3. The third kappa shape index (κ3) is 2.91. The standard InChI is InChI=1S/C14H12F2N2O3/c1-6-3-8(10(16)5-9(6)15)13(19)18-11-4-7(2)17-12(11)14(20)21/h3-5,17H,1-2H3,(H,18,19)(H,20,21). The summed E-state index contributed by atoms with van der Waals surface area (Å²) >= 11 is 0. The third-order valence-corrected chi connectivity index (χ3v) is 2.91. The summed E-state index contributed by atoms with van der Waals surface area (Å²) in [5.74, 6) is -3.88. The van der Waals surface area contributed by atoms with E-state index in [1.54, 1.807) is 6.92 Å². The molecule has 0 saturated carbocycles. The molecule has 0 bridgehead atoms. The number of aromatic amines is 1. The maximum atomic E-state index is 13.6. The molecule has 0 radical (unpaired) electrons. The molecule has 3 N–H and O–H groups in total. The van der Waals surface area contributed by atoms with Gasteiger partial charge in [0.05, 0.1) is 11.3 Å². The van der Waals surface area contributed by atoms with Gasteiger partial charge >= 0.3 is 5.97 Å². The van der Waals surface area contributed by atoms with Gasteiger partial charge in [-0.2, -0.15) is 0 Å². The molecule has 110 valence electrons. The number of carboxylic acid groups (broad SMARTS) is 1. The lowest BCUT2D eigenvalue weighted by Gasteiger charge is -2.07. The summed E-state index contributed by atoms with van der Waals surface area (Å²) < 4.78 is 26.8. The molecule has 0 spiro atoms. The largest absolute Gasteiger partial charge is 0.477 e. The summed E-state index contributed by atoms with van der Waals surface area (Å²) in [6.07, 6.45) is 0. The average Bonchev–Trinajstić information content (AvgIpc) is 2.74. The van der Waals surface area contributed by atoms with Gasteiger partial charge in [0.1, 0.15) is 17.3 Å². The normalized spacial score (nSPS) is 10.5. The average molecular weight is 294 g/mol. The first-order valence-electron chi connectivity index (χ1n) is 5.99. The van der Waals surface area contributed by atoms with Gasteiger partial charge in [-0.1, -0.05) is 0 Å². The van der Waals surface area contributed by atoms with Crippen LogP contribution in [0.3, 0.4) is 0 Å². The number of carbonyl (C=O) groups excluding carboxylic acids is 1. The van der Waals surface area contributed by atoms with Crippen molar-refractivity contribution >= 4 is 17.6 Å². The van der Waals surface area contributed by atoms with Crippen LogP contribution >= 0.6 is 0 Å². The van der Waals surface area contributed by atoms with Crippen molar-refractivity contribution in [2.24, 2.45) is 0 Å². The van der Waals surface area contributed by atoms with Crippen molar-refractivity contribution in [3.05, 3.63) is 52.3 Å². The van der Waals surface area contributed by atoms with E-state index in [9.17, 15) is 18.4 Å². The number of amides is 1. The quantitative estimate of drug-likeness (QED) is 0.814. The lowest BCUT2D eigenvalue weighted by atomic mass is 10.1. The minimum absolute atomic E-state index is 0.0198. The van der Waals surface area contributed by atoms with E-state index in [2.05, 4.69) is 10.3 Å². The van der Waals surface area contributed by atoms with Crippen molar-refractivity contribution in [1.82, 2.24) is 4.98 Å². The highest BCUT2D eigenvalue weighted by Crippen LogP contribution is 2.20. The van der Waals surface area contributed by atoms with Crippen LogP contribution in [-0.4, -0.2) is 22.0 Å². The van der Waals surface area contributed by atoms with E-state index in [1.807, 2.05) is 0 Å². The summed E-state index contributed by atoms with van der Waals surface area (Å²) in [6.45, 7) is 3.01. The molecule has 0 unspecified atom stereocenters. The summed E-state index contributed by atoms with van der Waals surface area (Å²) in [5, 5.41) is 11.3. The van der Waals surface area contributed by atoms with Gasteiger partial charge in [0.15, 0.2) is 0 Å². The molecule has 1 heterocycles. The van der Waals surface area contributed by atoms with Gasteiger partial charge < -0.3 is 15.4 Å². The van der Waals surface area contributed by atoms with Gasteiger partial charge in [-0.15, -0.1) is 0 Å². The predicted octanol–water partition coefficient (Wildman–Crippen LogP) is 2.86. The first-order chi connectivity index (χ1) is 9.79. The van der Waals surface area contributed by atoms with Gasteiger partial charge in [0.25, 0.3) is 5.91 Å². The number of benzene rings is 1. The van der Waals surface area contributed by atoms with Crippen molar-refractivity contribution in [1.29, 1.82) is 0 Å². The summed E-state index contributed by atoms with van der Waals surface area (Å²) in [7, 11) is 0. The summed E-state index contributed by atoms with van der Waals surface area (Å²) in [5.41, 5.74) is 0.0966. The lowest BCUT2D eigenvalue weighted by Crippen LogP contribution is -2.16. The van der Waals surface area contributed by atoms with Crippen LogP contribution in [0.15, 0.2) is 18.2 Å². The van der Waals surface area contributed by atoms with Gasteiger partial charge in [-0.05, 0) is 31.5 Å². The van der Waals surface area contributed by atoms with Crippen LogP contribution in [-0.2, 0) is 0 Å². The van der Waals surface area contributed by atoms with Crippen LogP contribution in [0, 0.1) is 25.5 Å². The zero-order valence-electron chi connectivity index (χ0n) is 11.3. The smallest absolute Gasteiger partial charge is 0.354 e. The van der Waals surface area contributed by atoms with Crippen LogP contribution in [0.25, 0.3) is 0 Å². The van der Waals surface area contributed by atoms with Gasteiger partial charge in [0.2, 0.25) is 0 Å². The van der Waals surface area contributed by atoms with Gasteiger partial charge in [-0.3, -0.25) is 4.79 Å². The number of carboxylic acids is 1. The molecule has 0 aliphatic carbocycles. The first kappa shape index (κ1) is 14.7. The Bertz CT molecular complexity index is 738. The Labute approximate surface area is 118 Å². The minimum atomic E-state index is -1.26. The van der Waals surface area contributed by atoms with Gasteiger partial charge in [-0.25, -0.2) is 13.6 Å². The second kappa shape index (κ2) is 5.35. The minimum Gasteiger partial charge on any atom is -0.477 e. The van der Waals surface area contributed by atoms with E-state index < -0.39 is 23.5 Å². The zero-order chi connectivity index (χ0) is 15.7. The van der Waals surface area contributed by atoms with Crippen molar-refractivity contribution < 1.29 is 23.5 Å². The lowest BCUT2D eigenvalue weighted by molar-refractivity contribution is 0.0692. The number of rotatable bonds is 3. The predicted molar refractivity (Wildman–Crippen MR) is 71.5 cm³/mol. The number of H-pyrrole nitrogens is 1. The number of nitrogens with one attached hydrogen (secondary N) is 2. The number of carbonyl (C=O) groups is 2. The Morgan fingerprint density at radius 3 is 2.43 bits per heavy atom. The molecule has 21 heavy (non-hydrogen) atoms. The third-order valence-electron chi connectivity index (χ3n) is 2.91. The van der Waals surface area contributed by atoms with Crippen LogP contribution < -0.4 is 5.32 Å². The maximum Gasteiger partial charge on any atom is 0.354 e. The molecule has 7 heteroatoms. The number of halogens is 2. The van der Waals surface area contributed by atoms with E-state index in [4.69, 9.17) is 5.11 Å². The van der Waals surface area contributed by atoms with Crippen molar-refractivity contribution in [3.63, 3.8) is 0 Å². The van der Waals surface area contributed by atoms with E-state index in [0.29, 0.717) is 11.8 Å². The fourth-order valence-corrected chi connectivity index (χ4v) is 1.88. The molecule has 0 saturated heterocycles. The molecular formula is C14H12F2N2O3. The molecule has 1 aromatic heterocycles. The number of aromatic nitrogens is 1. The Kier molecular flexibility index (Phi) is 3.75. The molecule has 2 aromatic rings. The van der Waals surface area contributed by atoms with Gasteiger partial charge in [0, 0.05) is 11.8 Å². The van der Waals surface area contributed by atoms with Crippen LogP contribution in [0.2, 0.25) is 0 Å². The van der Waals surface area contributed by atoms with Crippen LogP contribution in [0.1, 0.15) is 32.1 Å². The molecule has 0 aliphatic heterocycles. The zero-order valence-corrected chi connectivity index (χ0v) is 11.3. The van der Waals surface area contributed by atoms with Crippen molar-refractivity contribution in [3.8, 4) is 0 Å². The van der Waals surface area contributed by atoms with Crippen LogP contribution in [0.5, 0.6) is 0 Å². The second-order valence-corrected chi connectivity index (χ2v) is 4.58. The van der Waals surface area contributed by atoms with E-state index in [-0.39, 0.29) is 22.5 Å². The monoisotopic (exact) mass is 294 g/mol. The molecule has 1 amide bonds. The fourth-order valence-electron chi connectivity index (χ4n) is 1.88. The highest BCUT2D eigenvalue weighted by Gasteiger charge is 2.19. The molecule has 0 fully saturated rings. The van der Waals surface area contributed by atoms with E-state index in [1.165, 1.54) is 13.0 Å². The topological polar surface area (TPSA) is 82.2 Å². The Morgan fingerprint density at radius 1 is 1.14 bits per heavy atom. The highest BCUT2D eigenvalue weighted by atomic mass is 19.1. The van der Waals surface area contributed by atoms with Crippen molar-refractivity contribution in [2.75, 3.05) is 5.32 Å². The Morgan fingerprint density at radius 2 is 1.81 bits per heavy atom. The molecule has 2 rings (SSSR count). The molecule has 1 aromatic carbocycles. The highest BCUT2D eigenvalue weighted by molar-refractivity contribution is 6.07. The molecule has 0 atom stereocenters. The summed E-state index contributed by atoms with van der Waals surface area (Å²) in [6, 6.07) is 3.10. The number of aromatic carboxylic acids is 1. The van der Waals surface area contributed by atoms with Crippen LogP contribution in [0.4, 0.5) is 14.5 Å². The molecule has 5 nitrogen and oxygen atoms in total. The Hall–Kier alpha value is -2.70. The molecule has 0 aliphatic rings.